The van der Waals surface area contributed by atoms with E-state index < -0.39 is 5.66 Å². The van der Waals surface area contributed by atoms with Crippen LogP contribution in [0.3, 0.4) is 0 Å². The van der Waals surface area contributed by atoms with Gasteiger partial charge < -0.3 is 20.9 Å². The van der Waals surface area contributed by atoms with Crippen LogP contribution < -0.4 is 16.0 Å². The van der Waals surface area contributed by atoms with E-state index in [-0.39, 0.29) is 30.7 Å². The van der Waals surface area contributed by atoms with Crippen LogP contribution in [0.2, 0.25) is 0 Å². The van der Waals surface area contributed by atoms with Crippen LogP contribution in [-0.4, -0.2) is 46.4 Å². The molecule has 2 aromatic rings. The Bertz CT molecular complexity index is 885. The average molecular weight is 385 g/mol. The van der Waals surface area contributed by atoms with E-state index >= 15 is 0 Å². The van der Waals surface area contributed by atoms with Crippen LogP contribution in [0.25, 0.3) is 0 Å². The monoisotopic (exact) mass is 385 g/mol. The summed E-state index contributed by atoms with van der Waals surface area (Å²) in [5, 5.41) is 11.4. The SMILES string of the molecule is O=C(CN1CC[C@]2(CCC1=O)NC(=O)c1ccccc1N2)Nc1nccs1. The van der Waals surface area contributed by atoms with Gasteiger partial charge in [0.05, 0.1) is 12.1 Å². The zero-order valence-electron chi connectivity index (χ0n) is 14.5. The molecule has 2 aliphatic heterocycles. The predicted molar refractivity (Wildman–Crippen MR) is 101 cm³/mol. The largest absolute Gasteiger partial charge is 0.362 e. The molecule has 1 aromatic heterocycles. The highest BCUT2D eigenvalue weighted by molar-refractivity contribution is 7.13. The van der Waals surface area contributed by atoms with Gasteiger partial charge in [0.1, 0.15) is 5.66 Å². The first-order valence-corrected chi connectivity index (χ1v) is 9.59. The van der Waals surface area contributed by atoms with Crippen molar-refractivity contribution in [2.24, 2.45) is 0 Å². The van der Waals surface area contributed by atoms with Crippen LogP contribution >= 0.6 is 11.3 Å². The van der Waals surface area contributed by atoms with Crippen molar-refractivity contribution < 1.29 is 14.4 Å². The number of nitrogens with zero attached hydrogens (tertiary/aromatic N) is 2. The van der Waals surface area contributed by atoms with E-state index in [1.807, 2.05) is 18.2 Å². The van der Waals surface area contributed by atoms with Gasteiger partial charge in [0.2, 0.25) is 11.8 Å². The van der Waals surface area contributed by atoms with Gasteiger partial charge in [-0.15, -0.1) is 11.3 Å². The number of amides is 3. The highest BCUT2D eigenvalue weighted by Crippen LogP contribution is 2.31. The lowest BCUT2D eigenvalue weighted by molar-refractivity contribution is -0.134. The smallest absolute Gasteiger partial charge is 0.255 e. The van der Waals surface area contributed by atoms with Gasteiger partial charge in [0, 0.05) is 36.7 Å². The first-order valence-electron chi connectivity index (χ1n) is 8.71. The Morgan fingerprint density at radius 1 is 1.26 bits per heavy atom. The number of rotatable bonds is 3. The standard InChI is InChI=1S/C18H19N5O3S/c24-14(20-17-19-8-10-27-17)11-23-9-7-18(6-5-15(23)25)21-13-4-2-1-3-12(13)16(26)22-18/h1-4,8,10,21H,5-7,9,11H2,(H,22,26)(H,19,20,24)/t18-/m0/s1. The van der Waals surface area contributed by atoms with Crippen LogP contribution in [0, 0.1) is 0 Å². The van der Waals surface area contributed by atoms with Crippen LogP contribution in [0.15, 0.2) is 35.8 Å². The fraction of sp³-hybridized carbons (Fsp3) is 0.333. The molecule has 140 valence electrons. The van der Waals surface area contributed by atoms with Crippen molar-refractivity contribution in [2.75, 3.05) is 23.7 Å². The fourth-order valence-electron chi connectivity index (χ4n) is 3.45. The second-order valence-corrected chi connectivity index (χ2v) is 7.55. The first-order chi connectivity index (χ1) is 13.0. The number of hydrogen-bond donors (Lipinski definition) is 3. The zero-order valence-corrected chi connectivity index (χ0v) is 15.3. The third-order valence-electron chi connectivity index (χ3n) is 4.84. The van der Waals surface area contributed by atoms with Gasteiger partial charge in [-0.1, -0.05) is 12.1 Å². The highest BCUT2D eigenvalue weighted by atomic mass is 32.1. The average Bonchev–Trinajstić information content (AvgIpc) is 3.11. The highest BCUT2D eigenvalue weighted by Gasteiger charge is 2.40. The summed E-state index contributed by atoms with van der Waals surface area (Å²) in [6, 6.07) is 7.32. The van der Waals surface area contributed by atoms with Gasteiger partial charge >= 0.3 is 0 Å². The number of thiazole rings is 1. The maximum Gasteiger partial charge on any atom is 0.255 e. The molecule has 0 unspecified atom stereocenters. The van der Waals surface area contributed by atoms with Crippen molar-refractivity contribution in [1.82, 2.24) is 15.2 Å². The van der Waals surface area contributed by atoms with Gasteiger partial charge in [-0.2, -0.15) is 0 Å². The van der Waals surface area contributed by atoms with Crippen molar-refractivity contribution >= 4 is 39.9 Å². The van der Waals surface area contributed by atoms with E-state index in [1.54, 1.807) is 17.6 Å². The maximum atomic E-state index is 12.5. The Morgan fingerprint density at radius 2 is 2.11 bits per heavy atom. The number of fused-ring (bicyclic) bond motifs is 1. The quantitative estimate of drug-likeness (QED) is 0.745. The van der Waals surface area contributed by atoms with Crippen LogP contribution in [-0.2, 0) is 9.59 Å². The summed E-state index contributed by atoms with van der Waals surface area (Å²) < 4.78 is 0. The number of carbonyl (C=O) groups is 3. The number of anilines is 2. The van der Waals surface area contributed by atoms with E-state index in [0.717, 1.165) is 5.69 Å². The summed E-state index contributed by atoms with van der Waals surface area (Å²) in [4.78, 5) is 42.7. The number of aromatic nitrogens is 1. The van der Waals surface area contributed by atoms with Crippen molar-refractivity contribution in [2.45, 2.75) is 24.9 Å². The molecule has 1 fully saturated rings. The molecular formula is C18H19N5O3S. The third-order valence-corrected chi connectivity index (χ3v) is 5.53. The van der Waals surface area contributed by atoms with Gasteiger partial charge in [0.15, 0.2) is 5.13 Å². The molecule has 9 heteroatoms. The lowest BCUT2D eigenvalue weighted by Gasteiger charge is -2.39. The third kappa shape index (κ3) is 3.63. The van der Waals surface area contributed by atoms with Gasteiger partial charge in [-0.05, 0) is 18.6 Å². The van der Waals surface area contributed by atoms with E-state index in [0.29, 0.717) is 30.1 Å². The molecule has 8 nitrogen and oxygen atoms in total. The van der Waals surface area contributed by atoms with Gasteiger partial charge in [-0.3, -0.25) is 14.4 Å². The fourth-order valence-corrected chi connectivity index (χ4v) is 4.00. The minimum absolute atomic E-state index is 0.0287. The van der Waals surface area contributed by atoms with Crippen LogP contribution in [0.5, 0.6) is 0 Å². The zero-order chi connectivity index (χ0) is 18.9. The number of benzene rings is 1. The van der Waals surface area contributed by atoms with Crippen molar-refractivity contribution in [3.8, 4) is 0 Å². The molecule has 1 saturated heterocycles. The lowest BCUT2D eigenvalue weighted by Crippen LogP contribution is -2.58. The van der Waals surface area contributed by atoms with E-state index in [9.17, 15) is 14.4 Å². The molecular weight excluding hydrogens is 366 g/mol. The number of nitrogens with one attached hydrogen (secondary N) is 3. The summed E-state index contributed by atoms with van der Waals surface area (Å²) in [5.41, 5.74) is 0.684. The van der Waals surface area contributed by atoms with Gasteiger partial charge in [0.25, 0.3) is 5.91 Å². The second kappa shape index (κ2) is 6.99. The lowest BCUT2D eigenvalue weighted by atomic mass is 9.95. The molecule has 1 atom stereocenters. The molecule has 0 saturated carbocycles. The second-order valence-electron chi connectivity index (χ2n) is 6.66. The predicted octanol–water partition coefficient (Wildman–Crippen LogP) is 1.65. The molecule has 1 aromatic carbocycles. The summed E-state index contributed by atoms with van der Waals surface area (Å²) in [6.07, 6.45) is 2.84. The minimum Gasteiger partial charge on any atom is -0.362 e. The summed E-state index contributed by atoms with van der Waals surface area (Å²) >= 11 is 1.33. The molecule has 3 amide bonds. The first kappa shape index (κ1) is 17.5. The number of hydrogen-bond acceptors (Lipinski definition) is 6. The Balaban J connectivity index is 1.44. The molecule has 0 bridgehead atoms. The molecule has 3 N–H and O–H groups in total. The molecule has 0 radical (unpaired) electrons. The minimum atomic E-state index is -0.679. The molecule has 2 aliphatic rings. The molecule has 27 heavy (non-hydrogen) atoms. The Morgan fingerprint density at radius 3 is 2.93 bits per heavy atom. The van der Waals surface area contributed by atoms with Gasteiger partial charge in [-0.25, -0.2) is 4.98 Å². The summed E-state index contributed by atoms with van der Waals surface area (Å²) in [5.74, 6) is -0.525. The van der Waals surface area contributed by atoms with E-state index in [1.165, 1.54) is 16.2 Å². The topological polar surface area (TPSA) is 103 Å². The van der Waals surface area contributed by atoms with Crippen molar-refractivity contribution in [3.63, 3.8) is 0 Å². The molecule has 3 heterocycles. The van der Waals surface area contributed by atoms with E-state index in [2.05, 4.69) is 20.9 Å². The molecule has 0 aliphatic carbocycles. The Hall–Kier alpha value is -2.94. The number of likely N-dealkylation sites (tertiary alicyclic amines) is 1. The number of para-hydroxylation sites is 1. The Kier molecular flexibility index (Phi) is 4.53. The maximum absolute atomic E-state index is 12.5. The van der Waals surface area contributed by atoms with Crippen LogP contribution in [0.1, 0.15) is 29.6 Å². The van der Waals surface area contributed by atoms with E-state index in [4.69, 9.17) is 0 Å². The summed E-state index contributed by atoms with van der Waals surface area (Å²) in [7, 11) is 0. The van der Waals surface area contributed by atoms with Crippen molar-refractivity contribution in [3.05, 3.63) is 41.4 Å². The molecule has 1 spiro atoms. The normalized spacial score (nSPS) is 21.9. The summed E-state index contributed by atoms with van der Waals surface area (Å²) in [6.45, 7) is 0.346. The molecule has 4 rings (SSSR count). The van der Waals surface area contributed by atoms with Crippen LogP contribution in [0.4, 0.5) is 10.8 Å². The number of carbonyl (C=O) groups excluding carboxylic acids is 3. The Labute approximate surface area is 160 Å². The van der Waals surface area contributed by atoms with Crippen molar-refractivity contribution in [1.29, 1.82) is 0 Å².